The molecule has 0 aliphatic carbocycles. The molecule has 2 unspecified atom stereocenters. The fourth-order valence-corrected chi connectivity index (χ4v) is 3.39. The maximum absolute atomic E-state index is 4.76. The van der Waals surface area contributed by atoms with Crippen molar-refractivity contribution in [1.29, 1.82) is 0 Å². The third-order valence-corrected chi connectivity index (χ3v) is 4.89. The first-order valence-corrected chi connectivity index (χ1v) is 8.61. The minimum Gasteiger partial charge on any atom is -0.301 e. The summed E-state index contributed by atoms with van der Waals surface area (Å²) < 4.78 is 0. The molecule has 3 nitrogen and oxygen atoms in total. The van der Waals surface area contributed by atoms with Gasteiger partial charge in [0.1, 0.15) is 0 Å². The zero-order valence-corrected chi connectivity index (χ0v) is 14.0. The predicted molar refractivity (Wildman–Crippen MR) is 93.2 cm³/mol. The van der Waals surface area contributed by atoms with Gasteiger partial charge in [-0.2, -0.15) is 0 Å². The fraction of sp³-hybridized carbons (Fsp3) is 0.333. The first kappa shape index (κ1) is 15.1. The van der Waals surface area contributed by atoms with Crippen molar-refractivity contribution in [1.82, 2.24) is 15.3 Å². The van der Waals surface area contributed by atoms with Crippen LogP contribution in [0.5, 0.6) is 0 Å². The Morgan fingerprint density at radius 1 is 1.00 bits per heavy atom. The van der Waals surface area contributed by atoms with E-state index in [1.54, 1.807) is 11.3 Å². The van der Waals surface area contributed by atoms with Gasteiger partial charge in [0.25, 0.3) is 0 Å². The van der Waals surface area contributed by atoms with E-state index < -0.39 is 0 Å². The lowest BCUT2D eigenvalue weighted by molar-refractivity contribution is 0.480. The summed E-state index contributed by atoms with van der Waals surface area (Å²) in [6.07, 6.45) is 0.999. The number of benzene rings is 1. The average Bonchev–Trinajstić information content (AvgIpc) is 3.03. The van der Waals surface area contributed by atoms with Gasteiger partial charge in [-0.25, -0.2) is 4.98 Å². The van der Waals surface area contributed by atoms with E-state index in [2.05, 4.69) is 60.7 Å². The SMILES string of the molecule is CCc1nc(C(C)NC(C)c2ccc3ccccc3n2)cs1. The molecule has 0 aliphatic heterocycles. The van der Waals surface area contributed by atoms with Crippen LogP contribution < -0.4 is 5.32 Å². The number of aromatic nitrogens is 2. The summed E-state index contributed by atoms with van der Waals surface area (Å²) in [5, 5.41) is 8.12. The molecule has 0 spiro atoms. The smallest absolute Gasteiger partial charge is 0.0926 e. The van der Waals surface area contributed by atoms with Crippen molar-refractivity contribution in [3.63, 3.8) is 0 Å². The van der Waals surface area contributed by atoms with Crippen LogP contribution in [-0.4, -0.2) is 9.97 Å². The van der Waals surface area contributed by atoms with Crippen molar-refractivity contribution in [3.8, 4) is 0 Å². The molecule has 2 aromatic heterocycles. The summed E-state index contributed by atoms with van der Waals surface area (Å²) in [6, 6.07) is 12.9. The molecule has 0 radical (unpaired) electrons. The summed E-state index contributed by atoms with van der Waals surface area (Å²) in [5.74, 6) is 0. The number of rotatable bonds is 5. The van der Waals surface area contributed by atoms with Gasteiger partial charge in [0.15, 0.2) is 0 Å². The molecule has 0 saturated heterocycles. The third kappa shape index (κ3) is 3.18. The Balaban J connectivity index is 1.75. The highest BCUT2D eigenvalue weighted by atomic mass is 32.1. The van der Waals surface area contributed by atoms with E-state index in [4.69, 9.17) is 4.98 Å². The number of pyridine rings is 1. The second-order valence-corrected chi connectivity index (χ2v) is 6.50. The van der Waals surface area contributed by atoms with Gasteiger partial charge in [-0.1, -0.05) is 31.2 Å². The lowest BCUT2D eigenvalue weighted by Crippen LogP contribution is -2.23. The van der Waals surface area contributed by atoms with Crippen LogP contribution in [0.25, 0.3) is 10.9 Å². The highest BCUT2D eigenvalue weighted by Crippen LogP contribution is 2.22. The first-order chi connectivity index (χ1) is 10.7. The van der Waals surface area contributed by atoms with Crippen LogP contribution in [-0.2, 0) is 6.42 Å². The summed E-state index contributed by atoms with van der Waals surface area (Å²) >= 11 is 1.74. The highest BCUT2D eigenvalue weighted by Gasteiger charge is 2.14. The van der Waals surface area contributed by atoms with Crippen molar-refractivity contribution in [2.45, 2.75) is 39.3 Å². The Hall–Kier alpha value is -1.78. The Labute approximate surface area is 135 Å². The van der Waals surface area contributed by atoms with Gasteiger partial charge in [0, 0.05) is 22.8 Å². The molecular formula is C18H21N3S. The molecule has 0 amide bonds. The summed E-state index contributed by atoms with van der Waals surface area (Å²) in [6.45, 7) is 6.45. The van der Waals surface area contributed by atoms with Crippen LogP contribution in [0, 0.1) is 0 Å². The zero-order chi connectivity index (χ0) is 15.5. The second kappa shape index (κ2) is 6.55. The molecule has 4 heteroatoms. The number of thiazole rings is 1. The molecule has 0 aliphatic rings. The van der Waals surface area contributed by atoms with Crippen LogP contribution in [0.2, 0.25) is 0 Å². The van der Waals surface area contributed by atoms with Gasteiger partial charge in [0.2, 0.25) is 0 Å². The molecule has 22 heavy (non-hydrogen) atoms. The fourth-order valence-electron chi connectivity index (χ4n) is 2.56. The van der Waals surface area contributed by atoms with Crippen LogP contribution in [0.15, 0.2) is 41.8 Å². The van der Waals surface area contributed by atoms with Crippen molar-refractivity contribution < 1.29 is 0 Å². The Morgan fingerprint density at radius 2 is 1.77 bits per heavy atom. The van der Waals surface area contributed by atoms with Gasteiger partial charge >= 0.3 is 0 Å². The normalized spacial score (nSPS) is 14.1. The minimum absolute atomic E-state index is 0.186. The molecule has 114 valence electrons. The lowest BCUT2D eigenvalue weighted by atomic mass is 10.1. The quantitative estimate of drug-likeness (QED) is 0.744. The molecule has 0 bridgehead atoms. The average molecular weight is 311 g/mol. The Bertz CT molecular complexity index is 766. The van der Waals surface area contributed by atoms with E-state index in [9.17, 15) is 0 Å². The highest BCUT2D eigenvalue weighted by molar-refractivity contribution is 7.09. The van der Waals surface area contributed by atoms with Gasteiger partial charge in [-0.15, -0.1) is 11.3 Å². The maximum atomic E-state index is 4.76. The van der Waals surface area contributed by atoms with E-state index in [0.29, 0.717) is 0 Å². The standard InChI is InChI=1S/C18H21N3S/c1-4-18-21-17(11-22-18)13(3)19-12(2)15-10-9-14-7-5-6-8-16(14)20-15/h5-13,19H,4H2,1-3H3. The van der Waals surface area contributed by atoms with E-state index in [-0.39, 0.29) is 12.1 Å². The van der Waals surface area contributed by atoms with E-state index >= 15 is 0 Å². The van der Waals surface area contributed by atoms with Crippen molar-refractivity contribution >= 4 is 22.2 Å². The molecule has 0 saturated carbocycles. The maximum Gasteiger partial charge on any atom is 0.0926 e. The summed E-state index contributed by atoms with van der Waals surface area (Å²) in [7, 11) is 0. The molecular weight excluding hydrogens is 290 g/mol. The molecule has 0 fully saturated rings. The number of para-hydroxylation sites is 1. The van der Waals surface area contributed by atoms with E-state index in [1.165, 1.54) is 10.4 Å². The number of hydrogen-bond acceptors (Lipinski definition) is 4. The molecule has 1 aromatic carbocycles. The van der Waals surface area contributed by atoms with Crippen molar-refractivity contribution in [3.05, 3.63) is 58.2 Å². The van der Waals surface area contributed by atoms with Gasteiger partial charge in [-0.3, -0.25) is 4.98 Å². The molecule has 2 heterocycles. The zero-order valence-electron chi connectivity index (χ0n) is 13.2. The monoisotopic (exact) mass is 311 g/mol. The first-order valence-electron chi connectivity index (χ1n) is 7.73. The number of fused-ring (bicyclic) bond motifs is 1. The lowest BCUT2D eigenvalue weighted by Gasteiger charge is -2.18. The van der Waals surface area contributed by atoms with Crippen molar-refractivity contribution in [2.24, 2.45) is 0 Å². The van der Waals surface area contributed by atoms with Gasteiger partial charge in [-0.05, 0) is 32.4 Å². The topological polar surface area (TPSA) is 37.8 Å². The Kier molecular flexibility index (Phi) is 4.50. The molecule has 3 aromatic rings. The summed E-state index contributed by atoms with van der Waals surface area (Å²) in [5.41, 5.74) is 3.23. The number of nitrogens with one attached hydrogen (secondary N) is 1. The predicted octanol–water partition coefficient (Wildman–Crippen LogP) is 4.67. The number of hydrogen-bond donors (Lipinski definition) is 1. The van der Waals surface area contributed by atoms with Gasteiger partial charge < -0.3 is 5.32 Å². The largest absolute Gasteiger partial charge is 0.301 e. The molecule has 1 N–H and O–H groups in total. The molecule has 2 atom stereocenters. The van der Waals surface area contributed by atoms with Crippen LogP contribution in [0.3, 0.4) is 0 Å². The number of nitrogens with zero attached hydrogens (tertiary/aromatic N) is 2. The third-order valence-electron chi connectivity index (χ3n) is 3.88. The van der Waals surface area contributed by atoms with Crippen LogP contribution in [0.4, 0.5) is 0 Å². The van der Waals surface area contributed by atoms with E-state index in [1.807, 2.05) is 12.1 Å². The van der Waals surface area contributed by atoms with Gasteiger partial charge in [0.05, 0.1) is 21.9 Å². The number of aryl methyl sites for hydroxylation is 1. The molecule has 3 rings (SSSR count). The minimum atomic E-state index is 0.186. The van der Waals surface area contributed by atoms with Crippen LogP contribution in [0.1, 0.15) is 49.3 Å². The van der Waals surface area contributed by atoms with Crippen LogP contribution >= 0.6 is 11.3 Å². The summed E-state index contributed by atoms with van der Waals surface area (Å²) in [4.78, 5) is 9.42. The Morgan fingerprint density at radius 3 is 2.55 bits per heavy atom. The van der Waals surface area contributed by atoms with E-state index in [0.717, 1.165) is 23.3 Å². The van der Waals surface area contributed by atoms with Crippen molar-refractivity contribution in [2.75, 3.05) is 0 Å². The second-order valence-electron chi connectivity index (χ2n) is 5.56.